The Morgan fingerprint density at radius 2 is 2.06 bits per heavy atom. The molecule has 0 radical (unpaired) electrons. The molecule has 1 atom stereocenters. The lowest BCUT2D eigenvalue weighted by atomic mass is 9.88. The van der Waals surface area contributed by atoms with Gasteiger partial charge in [-0.1, -0.05) is 0 Å². The van der Waals surface area contributed by atoms with Gasteiger partial charge in [0.2, 0.25) is 0 Å². The lowest BCUT2D eigenvalue weighted by Crippen LogP contribution is -2.30. The third kappa shape index (κ3) is 3.56. The van der Waals surface area contributed by atoms with E-state index in [0.29, 0.717) is 11.7 Å². The number of rotatable bonds is 4. The molecular formula is C13H23NO2. The minimum absolute atomic E-state index is 0.297. The van der Waals surface area contributed by atoms with E-state index in [2.05, 4.69) is 5.32 Å². The van der Waals surface area contributed by atoms with Crippen molar-refractivity contribution in [3.05, 3.63) is 0 Å². The third-order valence-electron chi connectivity index (χ3n) is 3.87. The Labute approximate surface area is 97.9 Å². The second-order valence-electron chi connectivity index (χ2n) is 5.10. The molecule has 2 aliphatic rings. The summed E-state index contributed by atoms with van der Waals surface area (Å²) < 4.78 is 5.28. The molecule has 2 heterocycles. The van der Waals surface area contributed by atoms with Crippen LogP contribution < -0.4 is 5.32 Å². The molecule has 3 heteroatoms. The molecular weight excluding hydrogens is 202 g/mol. The van der Waals surface area contributed by atoms with Crippen molar-refractivity contribution in [2.45, 2.75) is 38.5 Å². The Balaban J connectivity index is 1.65. The molecule has 0 aromatic heterocycles. The molecule has 0 aromatic carbocycles. The number of ketones is 1. The second kappa shape index (κ2) is 6.36. The summed E-state index contributed by atoms with van der Waals surface area (Å²) in [6.07, 6.45) is 6.34. The standard InChI is InChI=1S/C13H23NO2/c15-13(12-5-8-16-9-6-12)4-3-11-2-1-7-14-10-11/h11-12,14H,1-10H2. The number of hydrogen-bond acceptors (Lipinski definition) is 3. The Hall–Kier alpha value is -0.410. The van der Waals surface area contributed by atoms with Gasteiger partial charge in [0.1, 0.15) is 5.78 Å². The number of piperidine rings is 1. The lowest BCUT2D eigenvalue weighted by Gasteiger charge is -2.24. The highest BCUT2D eigenvalue weighted by atomic mass is 16.5. The van der Waals surface area contributed by atoms with Crippen LogP contribution >= 0.6 is 0 Å². The van der Waals surface area contributed by atoms with Crippen LogP contribution in [0.25, 0.3) is 0 Å². The topological polar surface area (TPSA) is 38.3 Å². The fraction of sp³-hybridized carbons (Fsp3) is 0.923. The van der Waals surface area contributed by atoms with E-state index in [1.807, 2.05) is 0 Å². The van der Waals surface area contributed by atoms with Gasteiger partial charge in [-0.25, -0.2) is 0 Å². The number of Topliss-reactive ketones (excluding diaryl/α,β-unsaturated/α-hetero) is 1. The zero-order valence-corrected chi connectivity index (χ0v) is 10.0. The average molecular weight is 225 g/mol. The Kier molecular flexibility index (Phi) is 4.79. The van der Waals surface area contributed by atoms with Gasteiger partial charge >= 0.3 is 0 Å². The third-order valence-corrected chi connectivity index (χ3v) is 3.87. The van der Waals surface area contributed by atoms with Crippen molar-refractivity contribution < 1.29 is 9.53 Å². The predicted molar refractivity (Wildman–Crippen MR) is 63.4 cm³/mol. The highest BCUT2D eigenvalue weighted by Gasteiger charge is 2.22. The van der Waals surface area contributed by atoms with Crippen molar-refractivity contribution >= 4 is 5.78 Å². The van der Waals surface area contributed by atoms with E-state index < -0.39 is 0 Å². The zero-order chi connectivity index (χ0) is 11.2. The molecule has 0 bridgehead atoms. The first-order valence-electron chi connectivity index (χ1n) is 6.67. The summed E-state index contributed by atoms with van der Waals surface area (Å²) >= 11 is 0. The van der Waals surface area contributed by atoms with Crippen LogP contribution in [0.4, 0.5) is 0 Å². The van der Waals surface area contributed by atoms with Crippen LogP contribution in [0.1, 0.15) is 38.5 Å². The molecule has 0 aromatic rings. The van der Waals surface area contributed by atoms with E-state index in [1.54, 1.807) is 0 Å². The maximum Gasteiger partial charge on any atom is 0.136 e. The second-order valence-corrected chi connectivity index (χ2v) is 5.10. The molecule has 1 N–H and O–H groups in total. The Morgan fingerprint density at radius 1 is 1.25 bits per heavy atom. The SMILES string of the molecule is O=C(CCC1CCCNC1)C1CCOCC1. The molecule has 2 rings (SSSR count). The largest absolute Gasteiger partial charge is 0.381 e. The maximum absolute atomic E-state index is 12.0. The fourth-order valence-electron chi connectivity index (χ4n) is 2.74. The summed E-state index contributed by atoms with van der Waals surface area (Å²) in [7, 11) is 0. The van der Waals surface area contributed by atoms with Gasteiger partial charge in [0.05, 0.1) is 0 Å². The summed E-state index contributed by atoms with van der Waals surface area (Å²) in [6, 6.07) is 0. The van der Waals surface area contributed by atoms with Crippen LogP contribution in [0.15, 0.2) is 0 Å². The van der Waals surface area contributed by atoms with Crippen LogP contribution in [0.5, 0.6) is 0 Å². The molecule has 92 valence electrons. The summed E-state index contributed by atoms with van der Waals surface area (Å²) in [4.78, 5) is 12.0. The van der Waals surface area contributed by atoms with Gasteiger partial charge in [-0.2, -0.15) is 0 Å². The van der Waals surface area contributed by atoms with E-state index in [0.717, 1.165) is 57.9 Å². The van der Waals surface area contributed by atoms with E-state index in [1.165, 1.54) is 12.8 Å². The first kappa shape index (κ1) is 12.1. The van der Waals surface area contributed by atoms with Crippen molar-refractivity contribution in [3.63, 3.8) is 0 Å². The number of nitrogens with one attached hydrogen (secondary N) is 1. The number of carbonyl (C=O) groups excluding carboxylic acids is 1. The summed E-state index contributed by atoms with van der Waals surface area (Å²) in [6.45, 7) is 3.83. The quantitative estimate of drug-likeness (QED) is 0.792. The molecule has 16 heavy (non-hydrogen) atoms. The first-order valence-corrected chi connectivity index (χ1v) is 6.67. The summed E-state index contributed by atoms with van der Waals surface area (Å²) in [5.74, 6) is 1.51. The van der Waals surface area contributed by atoms with Crippen molar-refractivity contribution in [2.24, 2.45) is 11.8 Å². The molecule has 1 unspecified atom stereocenters. The zero-order valence-electron chi connectivity index (χ0n) is 10.0. The van der Waals surface area contributed by atoms with E-state index in [4.69, 9.17) is 4.74 Å². The number of hydrogen-bond donors (Lipinski definition) is 1. The van der Waals surface area contributed by atoms with E-state index in [9.17, 15) is 4.79 Å². The Morgan fingerprint density at radius 3 is 2.75 bits per heavy atom. The molecule has 2 aliphatic heterocycles. The fourth-order valence-corrected chi connectivity index (χ4v) is 2.74. The molecule has 3 nitrogen and oxygen atoms in total. The molecule has 2 fully saturated rings. The lowest BCUT2D eigenvalue weighted by molar-refractivity contribution is -0.126. The van der Waals surface area contributed by atoms with Gasteiger partial charge < -0.3 is 10.1 Å². The monoisotopic (exact) mass is 225 g/mol. The highest BCUT2D eigenvalue weighted by Crippen LogP contribution is 2.21. The normalized spacial score (nSPS) is 27.9. The smallest absolute Gasteiger partial charge is 0.136 e. The molecule has 0 spiro atoms. The van der Waals surface area contributed by atoms with Crippen molar-refractivity contribution in [1.82, 2.24) is 5.32 Å². The van der Waals surface area contributed by atoms with Gasteiger partial charge in [-0.3, -0.25) is 4.79 Å². The van der Waals surface area contributed by atoms with Gasteiger partial charge in [0.15, 0.2) is 0 Å². The van der Waals surface area contributed by atoms with Crippen LogP contribution in [-0.4, -0.2) is 32.1 Å². The summed E-state index contributed by atoms with van der Waals surface area (Å²) in [5, 5.41) is 3.41. The van der Waals surface area contributed by atoms with Crippen LogP contribution in [0, 0.1) is 11.8 Å². The van der Waals surface area contributed by atoms with Crippen LogP contribution in [-0.2, 0) is 9.53 Å². The highest BCUT2D eigenvalue weighted by molar-refractivity contribution is 5.81. The van der Waals surface area contributed by atoms with E-state index >= 15 is 0 Å². The van der Waals surface area contributed by atoms with Crippen molar-refractivity contribution in [3.8, 4) is 0 Å². The van der Waals surface area contributed by atoms with Gasteiger partial charge in [0, 0.05) is 25.6 Å². The molecule has 0 amide bonds. The number of carbonyl (C=O) groups is 1. The van der Waals surface area contributed by atoms with Crippen molar-refractivity contribution in [2.75, 3.05) is 26.3 Å². The Bertz CT molecular complexity index is 218. The molecule has 0 aliphatic carbocycles. The van der Waals surface area contributed by atoms with Gasteiger partial charge in [0.25, 0.3) is 0 Å². The maximum atomic E-state index is 12.0. The summed E-state index contributed by atoms with van der Waals surface area (Å²) in [5.41, 5.74) is 0. The minimum atomic E-state index is 0.297. The minimum Gasteiger partial charge on any atom is -0.381 e. The van der Waals surface area contributed by atoms with Crippen LogP contribution in [0.2, 0.25) is 0 Å². The van der Waals surface area contributed by atoms with E-state index in [-0.39, 0.29) is 0 Å². The molecule has 0 saturated carbocycles. The van der Waals surface area contributed by atoms with Gasteiger partial charge in [-0.15, -0.1) is 0 Å². The molecule has 2 saturated heterocycles. The van der Waals surface area contributed by atoms with Gasteiger partial charge in [-0.05, 0) is 51.1 Å². The predicted octanol–water partition coefficient (Wildman–Crippen LogP) is 1.76. The van der Waals surface area contributed by atoms with Crippen molar-refractivity contribution in [1.29, 1.82) is 0 Å². The van der Waals surface area contributed by atoms with Crippen LogP contribution in [0.3, 0.4) is 0 Å². The number of ether oxygens (including phenoxy) is 1. The average Bonchev–Trinajstić information content (AvgIpc) is 2.38. The first-order chi connectivity index (χ1) is 7.86.